The second-order valence-electron chi connectivity index (χ2n) is 7.55. The maximum Gasteiger partial charge on any atom is 0.273 e. The van der Waals surface area contributed by atoms with E-state index in [1.54, 1.807) is 22.4 Å². The minimum Gasteiger partial charge on any atom is -0.431 e. The smallest absolute Gasteiger partial charge is 0.273 e. The fraction of sp³-hybridized carbons (Fsp3) is 0.261. The van der Waals surface area contributed by atoms with Crippen LogP contribution in [0.4, 0.5) is 10.1 Å². The number of hydrogen-bond donors (Lipinski definition) is 0. The molecule has 2 aromatic carbocycles. The van der Waals surface area contributed by atoms with Crippen molar-refractivity contribution >= 4 is 45.8 Å². The number of benzene rings is 2. The SMILES string of the molecule is Cc1cccc2oc(SCc3nc(C(=O)N4CCN(c5ccccc5F)CC4)cs3)nc12. The van der Waals surface area contributed by atoms with Gasteiger partial charge in [-0.3, -0.25) is 4.79 Å². The Kier molecular flexibility index (Phi) is 5.84. The van der Waals surface area contributed by atoms with Crippen LogP contribution in [0.1, 0.15) is 21.1 Å². The number of aryl methyl sites for hydroxylation is 1. The summed E-state index contributed by atoms with van der Waals surface area (Å²) in [5.74, 6) is 0.274. The third-order valence-electron chi connectivity index (χ3n) is 5.45. The Morgan fingerprint density at radius 1 is 1.12 bits per heavy atom. The topological polar surface area (TPSA) is 62.5 Å². The van der Waals surface area contributed by atoms with Crippen molar-refractivity contribution in [2.75, 3.05) is 31.1 Å². The number of para-hydroxylation sites is 2. The van der Waals surface area contributed by atoms with Crippen LogP contribution < -0.4 is 4.90 Å². The quantitative estimate of drug-likeness (QED) is 0.385. The zero-order valence-corrected chi connectivity index (χ0v) is 19.1. The zero-order chi connectivity index (χ0) is 22.1. The lowest BCUT2D eigenvalue weighted by atomic mass is 10.2. The Balaban J connectivity index is 1.18. The lowest BCUT2D eigenvalue weighted by Gasteiger charge is -2.35. The van der Waals surface area contributed by atoms with Gasteiger partial charge >= 0.3 is 0 Å². The van der Waals surface area contributed by atoms with Gasteiger partial charge in [0.05, 0.1) is 11.4 Å². The summed E-state index contributed by atoms with van der Waals surface area (Å²) in [7, 11) is 0. The molecule has 9 heteroatoms. The molecule has 0 atom stereocenters. The van der Waals surface area contributed by atoms with Crippen LogP contribution in [0.5, 0.6) is 0 Å². The molecule has 0 radical (unpaired) electrons. The number of carbonyl (C=O) groups is 1. The predicted octanol–water partition coefficient (Wildman–Crippen LogP) is 4.99. The number of aromatic nitrogens is 2. The van der Waals surface area contributed by atoms with Gasteiger partial charge in [0.15, 0.2) is 5.58 Å². The molecule has 1 saturated heterocycles. The predicted molar refractivity (Wildman–Crippen MR) is 125 cm³/mol. The summed E-state index contributed by atoms with van der Waals surface area (Å²) < 4.78 is 19.8. The molecule has 1 aliphatic rings. The number of oxazole rings is 1. The Morgan fingerprint density at radius 2 is 1.94 bits per heavy atom. The number of thiazole rings is 1. The van der Waals surface area contributed by atoms with E-state index in [2.05, 4.69) is 9.97 Å². The molecule has 164 valence electrons. The van der Waals surface area contributed by atoms with E-state index < -0.39 is 0 Å². The van der Waals surface area contributed by atoms with Crippen LogP contribution in [-0.2, 0) is 5.75 Å². The van der Waals surface area contributed by atoms with E-state index in [4.69, 9.17) is 4.42 Å². The minimum absolute atomic E-state index is 0.0804. The van der Waals surface area contributed by atoms with Crippen molar-refractivity contribution in [2.24, 2.45) is 0 Å². The summed E-state index contributed by atoms with van der Waals surface area (Å²) in [5, 5.41) is 3.25. The van der Waals surface area contributed by atoms with Gasteiger partial charge in [-0.25, -0.2) is 14.4 Å². The Labute approximate surface area is 193 Å². The first kappa shape index (κ1) is 21.0. The second kappa shape index (κ2) is 8.91. The van der Waals surface area contributed by atoms with Gasteiger partial charge in [0.1, 0.15) is 22.0 Å². The van der Waals surface area contributed by atoms with E-state index in [1.807, 2.05) is 36.1 Å². The summed E-state index contributed by atoms with van der Waals surface area (Å²) in [5.41, 5.74) is 3.77. The third kappa shape index (κ3) is 4.22. The number of anilines is 1. The van der Waals surface area contributed by atoms with Crippen LogP contribution in [-0.4, -0.2) is 47.0 Å². The molecule has 1 aliphatic heterocycles. The van der Waals surface area contributed by atoms with Gasteiger partial charge in [-0.05, 0) is 30.7 Å². The number of fused-ring (bicyclic) bond motifs is 1. The molecule has 4 aromatic rings. The number of nitrogens with zero attached hydrogens (tertiary/aromatic N) is 4. The largest absolute Gasteiger partial charge is 0.431 e. The minimum atomic E-state index is -0.233. The van der Waals surface area contributed by atoms with E-state index in [-0.39, 0.29) is 11.7 Å². The second-order valence-corrected chi connectivity index (χ2v) is 9.42. The van der Waals surface area contributed by atoms with Gasteiger partial charge in [-0.1, -0.05) is 36.0 Å². The molecule has 0 unspecified atom stereocenters. The summed E-state index contributed by atoms with van der Waals surface area (Å²) in [6.07, 6.45) is 0. The molecule has 1 amide bonds. The maximum atomic E-state index is 14.0. The number of hydrogen-bond acceptors (Lipinski definition) is 7. The summed E-state index contributed by atoms with van der Waals surface area (Å²) in [4.78, 5) is 25.7. The molecular weight excluding hydrogens is 447 g/mol. The fourth-order valence-electron chi connectivity index (χ4n) is 3.75. The first-order chi connectivity index (χ1) is 15.6. The molecule has 3 heterocycles. The highest BCUT2D eigenvalue weighted by Gasteiger charge is 2.25. The normalized spacial score (nSPS) is 14.3. The highest BCUT2D eigenvalue weighted by Crippen LogP contribution is 2.29. The van der Waals surface area contributed by atoms with Crippen molar-refractivity contribution in [1.29, 1.82) is 0 Å². The Bertz CT molecular complexity index is 1260. The van der Waals surface area contributed by atoms with Gasteiger partial charge in [0.2, 0.25) is 0 Å². The van der Waals surface area contributed by atoms with Gasteiger partial charge in [-0.15, -0.1) is 11.3 Å². The van der Waals surface area contributed by atoms with Crippen molar-refractivity contribution in [3.63, 3.8) is 0 Å². The first-order valence-electron chi connectivity index (χ1n) is 10.3. The molecular formula is C23H21FN4O2S2. The third-order valence-corrected chi connectivity index (χ3v) is 7.32. The molecule has 0 saturated carbocycles. The molecule has 6 nitrogen and oxygen atoms in total. The lowest BCUT2D eigenvalue weighted by Crippen LogP contribution is -2.49. The standard InChI is InChI=1S/C23H21FN4O2S2/c1-15-5-4-8-19-21(15)26-23(30-19)32-14-20-25-17(13-31-20)22(29)28-11-9-27(10-12-28)18-7-3-2-6-16(18)24/h2-8,13H,9-12,14H2,1H3. The van der Waals surface area contributed by atoms with Gasteiger partial charge in [0.25, 0.3) is 11.1 Å². The summed E-state index contributed by atoms with van der Waals surface area (Å²) in [6.45, 7) is 4.27. The summed E-state index contributed by atoms with van der Waals surface area (Å²) >= 11 is 2.93. The van der Waals surface area contributed by atoms with Gasteiger partial charge in [0, 0.05) is 31.6 Å². The van der Waals surface area contributed by atoms with E-state index >= 15 is 0 Å². The van der Waals surface area contributed by atoms with Crippen molar-refractivity contribution in [1.82, 2.24) is 14.9 Å². The molecule has 0 N–H and O–H groups in total. The van der Waals surface area contributed by atoms with Gasteiger partial charge in [-0.2, -0.15) is 0 Å². The van der Waals surface area contributed by atoms with E-state index in [1.165, 1.54) is 29.2 Å². The number of rotatable bonds is 5. The van der Waals surface area contributed by atoms with Crippen LogP contribution >= 0.6 is 23.1 Å². The molecule has 1 fully saturated rings. The monoisotopic (exact) mass is 468 g/mol. The van der Waals surface area contributed by atoms with E-state index in [0.717, 1.165) is 21.7 Å². The summed E-state index contributed by atoms with van der Waals surface area (Å²) in [6, 6.07) is 12.6. The first-order valence-corrected chi connectivity index (χ1v) is 12.2. The zero-order valence-electron chi connectivity index (χ0n) is 17.5. The highest BCUT2D eigenvalue weighted by molar-refractivity contribution is 7.98. The molecule has 0 aliphatic carbocycles. The molecule has 0 spiro atoms. The number of amides is 1. The average molecular weight is 469 g/mol. The molecule has 0 bridgehead atoms. The number of halogens is 1. The van der Waals surface area contributed by atoms with Crippen LogP contribution in [0.15, 0.2) is 57.5 Å². The van der Waals surface area contributed by atoms with Gasteiger partial charge < -0.3 is 14.2 Å². The Morgan fingerprint density at radius 3 is 2.72 bits per heavy atom. The van der Waals surface area contributed by atoms with E-state index in [9.17, 15) is 9.18 Å². The van der Waals surface area contributed by atoms with Crippen molar-refractivity contribution < 1.29 is 13.6 Å². The van der Waals surface area contributed by atoms with Crippen LogP contribution in [0.3, 0.4) is 0 Å². The number of piperazine rings is 1. The average Bonchev–Trinajstić information content (AvgIpc) is 3.45. The highest BCUT2D eigenvalue weighted by atomic mass is 32.2. The van der Waals surface area contributed by atoms with E-state index in [0.29, 0.717) is 48.5 Å². The van der Waals surface area contributed by atoms with Crippen LogP contribution in [0, 0.1) is 12.7 Å². The number of thioether (sulfide) groups is 1. The molecule has 2 aromatic heterocycles. The van der Waals surface area contributed by atoms with Crippen molar-refractivity contribution in [2.45, 2.75) is 17.9 Å². The van der Waals surface area contributed by atoms with Crippen molar-refractivity contribution in [3.05, 3.63) is 69.9 Å². The van der Waals surface area contributed by atoms with Crippen LogP contribution in [0.25, 0.3) is 11.1 Å². The van der Waals surface area contributed by atoms with Crippen LogP contribution in [0.2, 0.25) is 0 Å². The Hall–Kier alpha value is -2.91. The molecule has 5 rings (SSSR count). The number of carbonyl (C=O) groups excluding carboxylic acids is 1. The maximum absolute atomic E-state index is 14.0. The van der Waals surface area contributed by atoms with Crippen molar-refractivity contribution in [3.8, 4) is 0 Å². The lowest BCUT2D eigenvalue weighted by molar-refractivity contribution is 0.0741. The molecule has 32 heavy (non-hydrogen) atoms. The fourth-order valence-corrected chi connectivity index (χ4v) is 5.36.